The fourth-order valence-electron chi connectivity index (χ4n) is 3.22. The van der Waals surface area contributed by atoms with Gasteiger partial charge in [-0.1, -0.05) is 25.3 Å². The second-order valence-electron chi connectivity index (χ2n) is 6.37. The van der Waals surface area contributed by atoms with Crippen molar-refractivity contribution in [1.29, 1.82) is 0 Å². The van der Waals surface area contributed by atoms with E-state index in [1.165, 1.54) is 24.3 Å². The Morgan fingerprint density at radius 2 is 1.96 bits per heavy atom. The Morgan fingerprint density at radius 1 is 1.23 bits per heavy atom. The van der Waals surface area contributed by atoms with E-state index in [2.05, 4.69) is 10.7 Å². The van der Waals surface area contributed by atoms with Crippen LogP contribution >= 0.6 is 0 Å². The molecule has 1 saturated carbocycles. The normalized spacial score (nSPS) is 18.5. The highest BCUT2D eigenvalue weighted by molar-refractivity contribution is 6.08. The molecule has 1 aromatic rings. The van der Waals surface area contributed by atoms with Crippen LogP contribution in [-0.4, -0.2) is 46.1 Å². The molecule has 2 fully saturated rings. The number of rotatable bonds is 4. The summed E-state index contributed by atoms with van der Waals surface area (Å²) >= 11 is 0. The lowest BCUT2D eigenvalue weighted by Gasteiger charge is -2.30. The molecule has 9 nitrogen and oxygen atoms in total. The van der Waals surface area contributed by atoms with E-state index < -0.39 is 36.0 Å². The van der Waals surface area contributed by atoms with Gasteiger partial charge in [-0.25, -0.2) is 9.59 Å². The average Bonchev–Trinajstić information content (AvgIpc) is 2.84. The van der Waals surface area contributed by atoms with E-state index in [1.807, 2.05) is 0 Å². The van der Waals surface area contributed by atoms with E-state index in [-0.39, 0.29) is 11.3 Å². The first-order valence-electron chi connectivity index (χ1n) is 8.34. The molecule has 1 aliphatic carbocycles. The van der Waals surface area contributed by atoms with Crippen molar-refractivity contribution in [3.05, 3.63) is 29.8 Å². The van der Waals surface area contributed by atoms with Crippen LogP contribution in [0.3, 0.4) is 0 Å². The van der Waals surface area contributed by atoms with Crippen LogP contribution in [0.1, 0.15) is 42.5 Å². The molecule has 0 radical (unpaired) electrons. The highest BCUT2D eigenvalue weighted by Gasteiger charge is 2.52. The van der Waals surface area contributed by atoms with Crippen LogP contribution < -0.4 is 10.7 Å². The molecule has 138 valence electrons. The molecule has 2 aliphatic rings. The molecule has 9 heteroatoms. The summed E-state index contributed by atoms with van der Waals surface area (Å²) in [5.74, 6) is -2.22. The number of nitrogens with one attached hydrogen (secondary N) is 2. The average molecular weight is 361 g/mol. The van der Waals surface area contributed by atoms with E-state index in [9.17, 15) is 24.3 Å². The van der Waals surface area contributed by atoms with E-state index >= 15 is 0 Å². The van der Waals surface area contributed by atoms with Gasteiger partial charge in [-0.3, -0.25) is 15.0 Å². The molecule has 1 spiro atoms. The maximum absolute atomic E-state index is 12.5. The number of imide groups is 1. The summed E-state index contributed by atoms with van der Waals surface area (Å²) < 4.78 is 4.83. The summed E-state index contributed by atoms with van der Waals surface area (Å²) in [6, 6.07) is 4.78. The van der Waals surface area contributed by atoms with Crippen LogP contribution in [-0.2, 0) is 14.3 Å². The number of esters is 1. The first kappa shape index (κ1) is 17.7. The van der Waals surface area contributed by atoms with Crippen molar-refractivity contribution in [2.45, 2.75) is 37.6 Å². The second kappa shape index (κ2) is 7.03. The van der Waals surface area contributed by atoms with Gasteiger partial charge in [-0.15, -0.1) is 0 Å². The zero-order valence-electron chi connectivity index (χ0n) is 14.0. The fourth-order valence-corrected chi connectivity index (χ4v) is 3.22. The van der Waals surface area contributed by atoms with Crippen LogP contribution in [0.25, 0.3) is 0 Å². The molecule has 0 aromatic heterocycles. The molecule has 3 rings (SSSR count). The summed E-state index contributed by atoms with van der Waals surface area (Å²) in [6.07, 6.45) is 3.74. The summed E-state index contributed by atoms with van der Waals surface area (Å²) in [5.41, 5.74) is 1.31. The Hall–Kier alpha value is -3.10. The van der Waals surface area contributed by atoms with Gasteiger partial charge in [-0.05, 0) is 31.0 Å². The maximum atomic E-state index is 12.5. The van der Waals surface area contributed by atoms with E-state index in [4.69, 9.17) is 4.74 Å². The molecule has 4 amide bonds. The maximum Gasteiger partial charge on any atom is 0.344 e. The predicted molar refractivity (Wildman–Crippen MR) is 87.7 cm³/mol. The van der Waals surface area contributed by atoms with Gasteiger partial charge in [0.2, 0.25) is 0 Å². The highest BCUT2D eigenvalue weighted by Crippen LogP contribution is 2.32. The van der Waals surface area contributed by atoms with Gasteiger partial charge in [0.05, 0.1) is 5.56 Å². The molecule has 0 atom stereocenters. The number of benzene rings is 1. The van der Waals surface area contributed by atoms with Gasteiger partial charge in [0.25, 0.3) is 11.8 Å². The SMILES string of the molecule is O=C(COC(=O)c1cccc(O)c1)NN1C(=O)NC2(CCCCC2)C1=O. The van der Waals surface area contributed by atoms with Crippen molar-refractivity contribution < 1.29 is 29.0 Å². The minimum Gasteiger partial charge on any atom is -0.508 e. The highest BCUT2D eigenvalue weighted by atomic mass is 16.5. The van der Waals surface area contributed by atoms with E-state index in [0.29, 0.717) is 17.9 Å². The first-order chi connectivity index (χ1) is 12.4. The zero-order chi connectivity index (χ0) is 18.7. The van der Waals surface area contributed by atoms with E-state index in [1.54, 1.807) is 0 Å². The monoisotopic (exact) mass is 361 g/mol. The lowest BCUT2D eigenvalue weighted by Crippen LogP contribution is -2.51. The minimum atomic E-state index is -0.944. The molecule has 26 heavy (non-hydrogen) atoms. The Labute approximate surface area is 149 Å². The van der Waals surface area contributed by atoms with Gasteiger partial charge < -0.3 is 15.2 Å². The number of amides is 4. The van der Waals surface area contributed by atoms with Crippen molar-refractivity contribution in [2.75, 3.05) is 6.61 Å². The molecule has 1 aromatic carbocycles. The molecule has 1 aliphatic heterocycles. The van der Waals surface area contributed by atoms with Gasteiger partial charge in [-0.2, -0.15) is 5.01 Å². The number of carbonyl (C=O) groups is 4. The van der Waals surface area contributed by atoms with Crippen LogP contribution in [0, 0.1) is 0 Å². The van der Waals surface area contributed by atoms with Gasteiger partial charge >= 0.3 is 12.0 Å². The number of nitrogens with zero attached hydrogens (tertiary/aromatic N) is 1. The molecule has 0 bridgehead atoms. The third-order valence-corrected chi connectivity index (χ3v) is 4.52. The molecule has 0 unspecified atom stereocenters. The van der Waals surface area contributed by atoms with E-state index in [0.717, 1.165) is 19.3 Å². The van der Waals surface area contributed by atoms with Gasteiger partial charge in [0.1, 0.15) is 11.3 Å². The molecule has 3 N–H and O–H groups in total. The number of aromatic hydroxyl groups is 1. The lowest BCUT2D eigenvalue weighted by atomic mass is 9.82. The number of phenolic OH excluding ortho intramolecular Hbond substituents is 1. The van der Waals surface area contributed by atoms with Crippen molar-refractivity contribution >= 4 is 23.8 Å². The topological polar surface area (TPSA) is 125 Å². The van der Waals surface area contributed by atoms with Crippen molar-refractivity contribution in [3.8, 4) is 5.75 Å². The Balaban J connectivity index is 1.55. The number of carbonyl (C=O) groups excluding carboxylic acids is 4. The summed E-state index contributed by atoms with van der Waals surface area (Å²) in [5, 5.41) is 12.6. The third kappa shape index (κ3) is 3.46. The van der Waals surface area contributed by atoms with Crippen LogP contribution in [0.5, 0.6) is 5.75 Å². The summed E-state index contributed by atoms with van der Waals surface area (Å²) in [6.45, 7) is -0.668. The fraction of sp³-hybridized carbons (Fsp3) is 0.412. The summed E-state index contributed by atoms with van der Waals surface area (Å²) in [7, 11) is 0. The number of hydrogen-bond acceptors (Lipinski definition) is 6. The summed E-state index contributed by atoms with van der Waals surface area (Å²) in [4.78, 5) is 48.3. The number of hydrazine groups is 1. The zero-order valence-corrected chi connectivity index (χ0v) is 14.0. The second-order valence-corrected chi connectivity index (χ2v) is 6.37. The molecular formula is C17H19N3O6. The van der Waals surface area contributed by atoms with Crippen molar-refractivity contribution in [1.82, 2.24) is 15.8 Å². The predicted octanol–water partition coefficient (Wildman–Crippen LogP) is 0.835. The van der Waals surface area contributed by atoms with Crippen LogP contribution in [0.4, 0.5) is 4.79 Å². The molecule has 1 saturated heterocycles. The number of urea groups is 1. The number of phenols is 1. The Bertz CT molecular complexity index is 757. The third-order valence-electron chi connectivity index (χ3n) is 4.52. The lowest BCUT2D eigenvalue weighted by molar-refractivity contribution is -0.140. The van der Waals surface area contributed by atoms with Gasteiger partial charge in [0, 0.05) is 0 Å². The smallest absolute Gasteiger partial charge is 0.344 e. The van der Waals surface area contributed by atoms with Crippen LogP contribution in [0.15, 0.2) is 24.3 Å². The van der Waals surface area contributed by atoms with Crippen LogP contribution in [0.2, 0.25) is 0 Å². The molecule has 1 heterocycles. The quantitative estimate of drug-likeness (QED) is 0.539. The molecular weight excluding hydrogens is 342 g/mol. The number of hydrogen-bond donors (Lipinski definition) is 3. The Kier molecular flexibility index (Phi) is 4.79. The largest absolute Gasteiger partial charge is 0.508 e. The minimum absolute atomic E-state index is 0.0777. The number of ether oxygens (including phenoxy) is 1. The standard InChI is InChI=1S/C17H19N3O6/c21-12-6-4-5-11(9-12)14(23)26-10-13(22)19-20-15(24)17(18-16(20)25)7-2-1-3-8-17/h4-6,9,21H,1-3,7-8,10H2,(H,18,25)(H,19,22). The Morgan fingerprint density at radius 3 is 2.65 bits per heavy atom. The first-order valence-corrected chi connectivity index (χ1v) is 8.34. The van der Waals surface area contributed by atoms with Gasteiger partial charge in [0.15, 0.2) is 6.61 Å². The van der Waals surface area contributed by atoms with Crippen molar-refractivity contribution in [2.24, 2.45) is 0 Å². The van der Waals surface area contributed by atoms with Crippen molar-refractivity contribution in [3.63, 3.8) is 0 Å².